The Morgan fingerprint density at radius 3 is 3.05 bits per heavy atom. The molecule has 0 radical (unpaired) electrons. The molecule has 5 heteroatoms. The van der Waals surface area contributed by atoms with Gasteiger partial charge in [0, 0.05) is 30.9 Å². The fraction of sp³-hybridized carbons (Fsp3) is 0.625. The second-order valence-corrected chi connectivity index (χ2v) is 5.80. The summed E-state index contributed by atoms with van der Waals surface area (Å²) in [6.45, 7) is 7.09. The molecule has 1 aromatic heterocycles. The van der Waals surface area contributed by atoms with Crippen molar-refractivity contribution in [3.63, 3.8) is 0 Å². The third kappa shape index (κ3) is 3.94. The molecule has 1 saturated heterocycles. The van der Waals surface area contributed by atoms with Crippen molar-refractivity contribution in [1.29, 1.82) is 0 Å². The first-order valence-electron chi connectivity index (χ1n) is 7.61. The Balaban J connectivity index is 2.07. The van der Waals surface area contributed by atoms with Gasteiger partial charge in [0.1, 0.15) is 0 Å². The second-order valence-electron chi connectivity index (χ2n) is 5.80. The van der Waals surface area contributed by atoms with Crippen molar-refractivity contribution in [3.05, 3.63) is 23.9 Å². The van der Waals surface area contributed by atoms with Crippen molar-refractivity contribution in [3.8, 4) is 5.88 Å². The molecule has 1 aliphatic rings. The van der Waals surface area contributed by atoms with Crippen molar-refractivity contribution >= 4 is 5.91 Å². The SMILES string of the molecule is CC[C@H](C)Oc1cc(C(=O)N2CC[C@@H](C)[C@@H](O)C2)ccn1. The lowest BCUT2D eigenvalue weighted by molar-refractivity contribution is 0.0248. The van der Waals surface area contributed by atoms with Gasteiger partial charge in [0.05, 0.1) is 12.2 Å². The smallest absolute Gasteiger partial charge is 0.254 e. The molecule has 1 aromatic rings. The third-order valence-electron chi connectivity index (χ3n) is 4.08. The molecule has 0 unspecified atom stereocenters. The van der Waals surface area contributed by atoms with E-state index in [0.29, 0.717) is 24.5 Å². The van der Waals surface area contributed by atoms with Gasteiger partial charge in [0.15, 0.2) is 0 Å². The summed E-state index contributed by atoms with van der Waals surface area (Å²) in [4.78, 5) is 18.3. The van der Waals surface area contributed by atoms with Crippen molar-refractivity contribution in [1.82, 2.24) is 9.88 Å². The van der Waals surface area contributed by atoms with E-state index in [1.165, 1.54) is 0 Å². The summed E-state index contributed by atoms with van der Waals surface area (Å²) in [6, 6.07) is 3.37. The number of rotatable bonds is 4. The summed E-state index contributed by atoms with van der Waals surface area (Å²) in [5, 5.41) is 9.92. The zero-order chi connectivity index (χ0) is 15.4. The lowest BCUT2D eigenvalue weighted by Crippen LogP contribution is -2.45. The first-order valence-corrected chi connectivity index (χ1v) is 7.61. The molecule has 1 fully saturated rings. The number of nitrogens with zero attached hydrogens (tertiary/aromatic N) is 2. The van der Waals surface area contributed by atoms with Gasteiger partial charge in [0.25, 0.3) is 5.91 Å². The van der Waals surface area contributed by atoms with E-state index >= 15 is 0 Å². The van der Waals surface area contributed by atoms with E-state index < -0.39 is 6.10 Å². The summed E-state index contributed by atoms with van der Waals surface area (Å²) in [7, 11) is 0. The van der Waals surface area contributed by atoms with Crippen molar-refractivity contribution in [2.45, 2.75) is 45.8 Å². The lowest BCUT2D eigenvalue weighted by atomic mass is 9.95. The van der Waals surface area contributed by atoms with Crippen LogP contribution in [-0.4, -0.2) is 46.2 Å². The fourth-order valence-corrected chi connectivity index (χ4v) is 2.31. The van der Waals surface area contributed by atoms with E-state index in [9.17, 15) is 9.90 Å². The Bertz CT molecular complexity index is 492. The largest absolute Gasteiger partial charge is 0.475 e. The van der Waals surface area contributed by atoms with Gasteiger partial charge < -0.3 is 14.7 Å². The highest BCUT2D eigenvalue weighted by Crippen LogP contribution is 2.20. The van der Waals surface area contributed by atoms with E-state index in [-0.39, 0.29) is 17.9 Å². The minimum atomic E-state index is -0.444. The third-order valence-corrected chi connectivity index (χ3v) is 4.08. The average Bonchev–Trinajstić information content (AvgIpc) is 2.49. The molecule has 116 valence electrons. The molecule has 1 N–H and O–H groups in total. The van der Waals surface area contributed by atoms with E-state index in [4.69, 9.17) is 4.74 Å². The molecule has 3 atom stereocenters. The van der Waals surface area contributed by atoms with E-state index in [1.807, 2.05) is 20.8 Å². The van der Waals surface area contributed by atoms with Crippen LogP contribution in [0.2, 0.25) is 0 Å². The number of hydrogen-bond acceptors (Lipinski definition) is 4. The maximum absolute atomic E-state index is 12.5. The predicted octanol–water partition coefficient (Wildman–Crippen LogP) is 2.10. The van der Waals surface area contributed by atoms with Gasteiger partial charge in [-0.2, -0.15) is 0 Å². The number of piperidine rings is 1. The van der Waals surface area contributed by atoms with Gasteiger partial charge in [-0.05, 0) is 31.7 Å². The monoisotopic (exact) mass is 292 g/mol. The highest BCUT2D eigenvalue weighted by Gasteiger charge is 2.28. The average molecular weight is 292 g/mol. The number of ether oxygens (including phenoxy) is 1. The number of aliphatic hydroxyl groups excluding tert-OH is 1. The van der Waals surface area contributed by atoms with Gasteiger partial charge in [-0.25, -0.2) is 4.98 Å². The highest BCUT2D eigenvalue weighted by atomic mass is 16.5. The molecular weight excluding hydrogens is 268 g/mol. The van der Waals surface area contributed by atoms with Gasteiger partial charge in [-0.15, -0.1) is 0 Å². The van der Waals surface area contributed by atoms with Crippen LogP contribution in [0.25, 0.3) is 0 Å². The lowest BCUT2D eigenvalue weighted by Gasteiger charge is -2.34. The van der Waals surface area contributed by atoms with Crippen LogP contribution in [-0.2, 0) is 0 Å². The topological polar surface area (TPSA) is 62.7 Å². The number of likely N-dealkylation sites (tertiary alicyclic amines) is 1. The molecule has 0 bridgehead atoms. The molecule has 2 heterocycles. The number of carbonyl (C=O) groups excluding carboxylic acids is 1. The molecule has 0 aromatic carbocycles. The maximum atomic E-state index is 12.5. The van der Waals surface area contributed by atoms with E-state index in [2.05, 4.69) is 4.98 Å². The van der Waals surface area contributed by atoms with E-state index in [0.717, 1.165) is 12.8 Å². The van der Waals surface area contributed by atoms with Gasteiger partial charge in [0.2, 0.25) is 5.88 Å². The van der Waals surface area contributed by atoms with Crippen LogP contribution in [0.15, 0.2) is 18.3 Å². The number of β-amino-alcohol motifs (C(OH)–C–C–N with tert-alkyl or cyclic N) is 1. The highest BCUT2D eigenvalue weighted by molar-refractivity contribution is 5.94. The maximum Gasteiger partial charge on any atom is 0.254 e. The van der Waals surface area contributed by atoms with Gasteiger partial charge >= 0.3 is 0 Å². The molecule has 21 heavy (non-hydrogen) atoms. The van der Waals surface area contributed by atoms with Crippen LogP contribution in [0.4, 0.5) is 0 Å². The minimum Gasteiger partial charge on any atom is -0.475 e. The molecule has 0 aliphatic carbocycles. The molecule has 2 rings (SSSR count). The van der Waals surface area contributed by atoms with Crippen molar-refractivity contribution in [2.75, 3.05) is 13.1 Å². The Labute approximate surface area is 125 Å². The minimum absolute atomic E-state index is 0.0699. The standard InChI is InChI=1S/C16H24N2O3/c1-4-12(3)21-15-9-13(5-7-17-15)16(20)18-8-6-11(2)14(19)10-18/h5,7,9,11-12,14,19H,4,6,8,10H2,1-3H3/t11-,12+,14+/m1/s1. The summed E-state index contributed by atoms with van der Waals surface area (Å²) < 4.78 is 5.65. The number of amides is 1. The molecular formula is C16H24N2O3. The van der Waals surface area contributed by atoms with Gasteiger partial charge in [-0.3, -0.25) is 4.79 Å². The number of carbonyl (C=O) groups is 1. The van der Waals surface area contributed by atoms with Crippen LogP contribution in [0.5, 0.6) is 5.88 Å². The van der Waals surface area contributed by atoms with Crippen molar-refractivity contribution in [2.24, 2.45) is 5.92 Å². The molecule has 1 aliphatic heterocycles. The quantitative estimate of drug-likeness (QED) is 0.923. The first kappa shape index (κ1) is 15.8. The summed E-state index contributed by atoms with van der Waals surface area (Å²) in [5.74, 6) is 0.647. The molecule has 5 nitrogen and oxygen atoms in total. The zero-order valence-electron chi connectivity index (χ0n) is 13.0. The summed E-state index contributed by atoms with van der Waals surface area (Å²) >= 11 is 0. The second kappa shape index (κ2) is 6.89. The van der Waals surface area contributed by atoms with Crippen LogP contribution in [0.3, 0.4) is 0 Å². The molecule has 1 amide bonds. The zero-order valence-corrected chi connectivity index (χ0v) is 13.0. The van der Waals surface area contributed by atoms with Crippen LogP contribution in [0, 0.1) is 5.92 Å². The predicted molar refractivity (Wildman–Crippen MR) is 80.3 cm³/mol. The summed E-state index contributed by atoms with van der Waals surface area (Å²) in [6.07, 6.45) is 2.93. The van der Waals surface area contributed by atoms with Crippen LogP contribution in [0.1, 0.15) is 44.0 Å². The molecule has 0 spiro atoms. The Hall–Kier alpha value is -1.62. The number of aromatic nitrogens is 1. The number of hydrogen-bond donors (Lipinski definition) is 1. The number of pyridine rings is 1. The normalized spacial score (nSPS) is 23.7. The van der Waals surface area contributed by atoms with Crippen LogP contribution < -0.4 is 4.74 Å². The molecule has 0 saturated carbocycles. The Kier molecular flexibility index (Phi) is 5.17. The van der Waals surface area contributed by atoms with Crippen molar-refractivity contribution < 1.29 is 14.6 Å². The Morgan fingerprint density at radius 1 is 1.62 bits per heavy atom. The van der Waals surface area contributed by atoms with E-state index in [1.54, 1.807) is 23.2 Å². The van der Waals surface area contributed by atoms with Gasteiger partial charge in [-0.1, -0.05) is 13.8 Å². The fourth-order valence-electron chi connectivity index (χ4n) is 2.31. The van der Waals surface area contributed by atoms with Crippen LogP contribution >= 0.6 is 0 Å². The first-order chi connectivity index (χ1) is 10.0. The Morgan fingerprint density at radius 2 is 2.38 bits per heavy atom. The summed E-state index contributed by atoms with van der Waals surface area (Å²) in [5.41, 5.74) is 0.560. The number of aliphatic hydroxyl groups is 1.